The van der Waals surface area contributed by atoms with Crippen molar-refractivity contribution >= 4 is 17.7 Å². The highest BCUT2D eigenvalue weighted by atomic mass is 16.4. The maximum Gasteiger partial charge on any atom is 0.331 e. The molecule has 1 aromatic carbocycles. The SMILES string of the molecule is O=C(NCC(=O)C1(C(=O)O)CCCCN1)c1ccccc1. The van der Waals surface area contributed by atoms with Crippen molar-refractivity contribution in [2.45, 2.75) is 24.8 Å². The van der Waals surface area contributed by atoms with Crippen LogP contribution in [0.15, 0.2) is 30.3 Å². The van der Waals surface area contributed by atoms with Gasteiger partial charge in [0.1, 0.15) is 0 Å². The van der Waals surface area contributed by atoms with Crippen LogP contribution in [0.3, 0.4) is 0 Å². The molecule has 1 amide bonds. The van der Waals surface area contributed by atoms with E-state index < -0.39 is 17.3 Å². The quantitative estimate of drug-likeness (QED) is 0.690. The number of amides is 1. The Morgan fingerprint density at radius 2 is 1.90 bits per heavy atom. The first kappa shape index (κ1) is 15.2. The highest BCUT2D eigenvalue weighted by molar-refractivity contribution is 6.10. The minimum Gasteiger partial charge on any atom is -0.480 e. The normalized spacial score (nSPS) is 21.5. The largest absolute Gasteiger partial charge is 0.480 e. The summed E-state index contributed by atoms with van der Waals surface area (Å²) in [4.78, 5) is 35.6. The van der Waals surface area contributed by atoms with Crippen molar-refractivity contribution in [3.63, 3.8) is 0 Å². The number of aliphatic carboxylic acids is 1. The van der Waals surface area contributed by atoms with Crippen molar-refractivity contribution in [3.8, 4) is 0 Å². The molecule has 21 heavy (non-hydrogen) atoms. The molecule has 0 spiro atoms. The van der Waals surface area contributed by atoms with E-state index in [-0.39, 0.29) is 18.9 Å². The maximum atomic E-state index is 12.2. The first-order valence-electron chi connectivity index (χ1n) is 6.91. The monoisotopic (exact) mass is 290 g/mol. The molecule has 6 nitrogen and oxygen atoms in total. The van der Waals surface area contributed by atoms with Crippen molar-refractivity contribution < 1.29 is 19.5 Å². The van der Waals surface area contributed by atoms with Crippen molar-refractivity contribution in [2.24, 2.45) is 0 Å². The Balaban J connectivity index is 2.00. The van der Waals surface area contributed by atoms with Crippen molar-refractivity contribution in [1.29, 1.82) is 0 Å². The lowest BCUT2D eigenvalue weighted by atomic mass is 9.85. The summed E-state index contributed by atoms with van der Waals surface area (Å²) in [6.07, 6.45) is 1.78. The molecular formula is C15H18N2O4. The van der Waals surface area contributed by atoms with Crippen LogP contribution in [-0.4, -0.2) is 41.4 Å². The summed E-state index contributed by atoms with van der Waals surface area (Å²) in [6.45, 7) is 0.192. The highest BCUT2D eigenvalue weighted by Crippen LogP contribution is 2.20. The Bertz CT molecular complexity index is 536. The lowest BCUT2D eigenvalue weighted by Gasteiger charge is -2.32. The number of Topliss-reactive ketones (excluding diaryl/α,β-unsaturated/α-hetero) is 1. The number of piperidine rings is 1. The summed E-state index contributed by atoms with van der Waals surface area (Å²) in [5.41, 5.74) is -1.13. The Morgan fingerprint density at radius 3 is 2.48 bits per heavy atom. The second-order valence-electron chi connectivity index (χ2n) is 5.07. The smallest absolute Gasteiger partial charge is 0.331 e. The highest BCUT2D eigenvalue weighted by Gasteiger charge is 2.46. The number of ketones is 1. The molecule has 112 valence electrons. The van der Waals surface area contributed by atoms with E-state index in [0.29, 0.717) is 18.5 Å². The molecule has 1 aliphatic rings. The lowest BCUT2D eigenvalue weighted by molar-refractivity contribution is -0.151. The number of benzene rings is 1. The van der Waals surface area contributed by atoms with Gasteiger partial charge < -0.3 is 10.4 Å². The van der Waals surface area contributed by atoms with Gasteiger partial charge in [-0.15, -0.1) is 0 Å². The van der Waals surface area contributed by atoms with Gasteiger partial charge in [-0.25, -0.2) is 4.79 Å². The fourth-order valence-corrected chi connectivity index (χ4v) is 2.45. The molecular weight excluding hydrogens is 272 g/mol. The van der Waals surface area contributed by atoms with Crippen LogP contribution in [-0.2, 0) is 9.59 Å². The van der Waals surface area contributed by atoms with Crippen LogP contribution in [0.4, 0.5) is 0 Å². The number of nitrogens with one attached hydrogen (secondary N) is 2. The molecule has 1 fully saturated rings. The average molecular weight is 290 g/mol. The maximum absolute atomic E-state index is 12.2. The van der Waals surface area contributed by atoms with E-state index in [0.717, 1.165) is 6.42 Å². The van der Waals surface area contributed by atoms with Gasteiger partial charge in [-0.1, -0.05) is 18.2 Å². The van der Waals surface area contributed by atoms with Crippen LogP contribution in [0.2, 0.25) is 0 Å². The molecule has 1 aromatic rings. The van der Waals surface area contributed by atoms with E-state index in [1.807, 2.05) is 0 Å². The molecule has 0 aromatic heterocycles. The van der Waals surface area contributed by atoms with Crippen LogP contribution < -0.4 is 10.6 Å². The van der Waals surface area contributed by atoms with Crippen LogP contribution in [0, 0.1) is 0 Å². The minimum atomic E-state index is -1.57. The number of carboxylic acid groups (broad SMARTS) is 1. The van der Waals surface area contributed by atoms with E-state index in [2.05, 4.69) is 10.6 Å². The van der Waals surface area contributed by atoms with Gasteiger partial charge in [0.25, 0.3) is 5.91 Å². The van der Waals surface area contributed by atoms with Crippen LogP contribution in [0.5, 0.6) is 0 Å². The van der Waals surface area contributed by atoms with Crippen LogP contribution >= 0.6 is 0 Å². The van der Waals surface area contributed by atoms with Gasteiger partial charge in [-0.05, 0) is 37.9 Å². The minimum absolute atomic E-state index is 0.252. The fraction of sp³-hybridized carbons (Fsp3) is 0.400. The Hall–Kier alpha value is -2.21. The summed E-state index contributed by atoms with van der Waals surface area (Å²) in [5.74, 6) is -2.08. The second kappa shape index (κ2) is 6.49. The van der Waals surface area contributed by atoms with E-state index in [9.17, 15) is 19.5 Å². The summed E-state index contributed by atoms with van der Waals surface area (Å²) in [6, 6.07) is 8.49. The third kappa shape index (κ3) is 3.28. The molecule has 2 rings (SSSR count). The first-order valence-corrected chi connectivity index (χ1v) is 6.91. The molecule has 1 heterocycles. The zero-order valence-electron chi connectivity index (χ0n) is 11.6. The number of hydrogen-bond donors (Lipinski definition) is 3. The molecule has 1 saturated heterocycles. The summed E-state index contributed by atoms with van der Waals surface area (Å²) in [7, 11) is 0. The van der Waals surface area contributed by atoms with Crippen molar-refractivity contribution in [2.75, 3.05) is 13.1 Å². The van der Waals surface area contributed by atoms with E-state index >= 15 is 0 Å². The number of carbonyl (C=O) groups excluding carboxylic acids is 2. The molecule has 1 unspecified atom stereocenters. The van der Waals surface area contributed by atoms with E-state index in [4.69, 9.17) is 0 Å². The molecule has 1 atom stereocenters. The number of carbonyl (C=O) groups is 3. The Labute approximate surface area is 122 Å². The molecule has 0 aliphatic carbocycles. The van der Waals surface area contributed by atoms with Gasteiger partial charge in [0.05, 0.1) is 6.54 Å². The zero-order valence-corrected chi connectivity index (χ0v) is 11.6. The predicted octanol–water partition coefficient (Wildman–Crippen LogP) is 0.582. The van der Waals surface area contributed by atoms with Gasteiger partial charge in [-0.2, -0.15) is 0 Å². The third-order valence-corrected chi connectivity index (χ3v) is 3.69. The molecule has 1 aliphatic heterocycles. The van der Waals surface area contributed by atoms with E-state index in [1.54, 1.807) is 30.3 Å². The second-order valence-corrected chi connectivity index (χ2v) is 5.07. The molecule has 0 radical (unpaired) electrons. The zero-order chi connectivity index (χ0) is 15.3. The molecule has 0 bridgehead atoms. The van der Waals surface area contributed by atoms with Gasteiger partial charge in [-0.3, -0.25) is 14.9 Å². The third-order valence-electron chi connectivity index (χ3n) is 3.69. The number of hydrogen-bond acceptors (Lipinski definition) is 4. The van der Waals surface area contributed by atoms with Gasteiger partial charge in [0.15, 0.2) is 11.3 Å². The summed E-state index contributed by atoms with van der Waals surface area (Å²) >= 11 is 0. The summed E-state index contributed by atoms with van der Waals surface area (Å²) in [5, 5.41) is 14.6. The number of carboxylic acids is 1. The molecule has 3 N–H and O–H groups in total. The predicted molar refractivity (Wildman–Crippen MR) is 76.0 cm³/mol. The van der Waals surface area contributed by atoms with Gasteiger partial charge >= 0.3 is 5.97 Å². The van der Waals surface area contributed by atoms with Crippen molar-refractivity contribution in [3.05, 3.63) is 35.9 Å². The Morgan fingerprint density at radius 1 is 1.19 bits per heavy atom. The van der Waals surface area contributed by atoms with Gasteiger partial charge in [0, 0.05) is 5.56 Å². The van der Waals surface area contributed by atoms with Crippen LogP contribution in [0.25, 0.3) is 0 Å². The molecule has 6 heteroatoms. The van der Waals surface area contributed by atoms with Crippen molar-refractivity contribution in [1.82, 2.24) is 10.6 Å². The lowest BCUT2D eigenvalue weighted by Crippen LogP contribution is -2.62. The number of rotatable bonds is 5. The van der Waals surface area contributed by atoms with Crippen LogP contribution in [0.1, 0.15) is 29.6 Å². The average Bonchev–Trinajstić information content (AvgIpc) is 2.53. The summed E-state index contributed by atoms with van der Waals surface area (Å²) < 4.78 is 0. The van der Waals surface area contributed by atoms with E-state index in [1.165, 1.54) is 0 Å². The Kier molecular flexibility index (Phi) is 4.70. The standard InChI is InChI=1S/C15H18N2O4/c18-12(15(14(20)21)8-4-5-9-17-15)10-16-13(19)11-6-2-1-3-7-11/h1-3,6-7,17H,4-5,8-10H2,(H,16,19)(H,20,21). The molecule has 0 saturated carbocycles. The topological polar surface area (TPSA) is 95.5 Å². The first-order chi connectivity index (χ1) is 10.1. The van der Waals surface area contributed by atoms with Gasteiger partial charge in [0.2, 0.25) is 0 Å². The fourth-order valence-electron chi connectivity index (χ4n) is 2.45.